The second-order valence-electron chi connectivity index (χ2n) is 8.58. The molecule has 0 radical (unpaired) electrons. The Bertz CT molecular complexity index is 1290. The Kier molecular flexibility index (Phi) is 6.68. The van der Waals surface area contributed by atoms with E-state index < -0.39 is 17.7 Å². The van der Waals surface area contributed by atoms with Gasteiger partial charge >= 0.3 is 0 Å². The van der Waals surface area contributed by atoms with Crippen molar-refractivity contribution in [2.24, 2.45) is 7.05 Å². The molecule has 1 fully saturated rings. The van der Waals surface area contributed by atoms with Crippen molar-refractivity contribution >= 4 is 40.0 Å². The third kappa shape index (κ3) is 4.17. The van der Waals surface area contributed by atoms with E-state index in [9.17, 15) is 14.7 Å². The van der Waals surface area contributed by atoms with E-state index in [2.05, 4.69) is 0 Å². The molecule has 1 aliphatic rings. The number of likely N-dealkylation sites (N-methyl/N-ethyl adjacent to an activating group) is 1. The van der Waals surface area contributed by atoms with E-state index in [1.165, 1.54) is 4.90 Å². The Morgan fingerprint density at radius 3 is 2.62 bits per heavy atom. The van der Waals surface area contributed by atoms with E-state index in [4.69, 9.17) is 16.3 Å². The predicted octanol–water partition coefficient (Wildman–Crippen LogP) is 4.21. The SMILES string of the molecule is CCOc1ccc(Cl)c(/C(O)=C2\C(=O)C(=O)N(CCN(C)C)C2c2cn(C)c3ccccc23)c1. The lowest BCUT2D eigenvalue weighted by molar-refractivity contribution is -0.140. The van der Waals surface area contributed by atoms with E-state index in [0.29, 0.717) is 25.4 Å². The van der Waals surface area contributed by atoms with Gasteiger partial charge < -0.3 is 24.2 Å². The number of halogens is 1. The Morgan fingerprint density at radius 2 is 1.91 bits per heavy atom. The summed E-state index contributed by atoms with van der Waals surface area (Å²) in [5.41, 5.74) is 2.01. The fraction of sp³-hybridized carbons (Fsp3) is 0.308. The van der Waals surface area contributed by atoms with Crippen LogP contribution < -0.4 is 4.74 Å². The molecule has 2 heterocycles. The second kappa shape index (κ2) is 9.52. The lowest BCUT2D eigenvalue weighted by Crippen LogP contribution is -2.35. The van der Waals surface area contributed by atoms with E-state index >= 15 is 0 Å². The number of aliphatic hydroxyl groups is 1. The molecular weight excluding hydrogens is 454 g/mol. The number of benzene rings is 2. The number of carbonyl (C=O) groups is 2. The number of amides is 1. The van der Waals surface area contributed by atoms with Crippen molar-refractivity contribution in [3.05, 3.63) is 70.4 Å². The van der Waals surface area contributed by atoms with Crippen LogP contribution in [0.2, 0.25) is 5.02 Å². The average Bonchev–Trinajstić information content (AvgIpc) is 3.27. The van der Waals surface area contributed by atoms with Gasteiger partial charge in [-0.15, -0.1) is 0 Å². The summed E-state index contributed by atoms with van der Waals surface area (Å²) < 4.78 is 7.52. The number of aromatic nitrogens is 1. The molecule has 1 aromatic heterocycles. The van der Waals surface area contributed by atoms with Gasteiger partial charge in [-0.2, -0.15) is 0 Å². The fourth-order valence-electron chi connectivity index (χ4n) is 4.42. The third-order valence-corrected chi connectivity index (χ3v) is 6.38. The van der Waals surface area contributed by atoms with E-state index in [0.717, 1.165) is 16.5 Å². The standard InChI is InChI=1S/C26H28ClN3O4/c1-5-34-16-10-11-20(27)18(14-16)24(31)22-23(30(13-12-28(2)3)26(33)25(22)32)19-15-29(4)21-9-7-6-8-17(19)21/h6-11,14-15,23,31H,5,12-13H2,1-4H3/b24-22+. The number of ether oxygens (including phenoxy) is 1. The fourth-order valence-corrected chi connectivity index (χ4v) is 4.63. The topological polar surface area (TPSA) is 75.0 Å². The van der Waals surface area contributed by atoms with Gasteiger partial charge in [0.25, 0.3) is 11.7 Å². The number of rotatable bonds is 7. The summed E-state index contributed by atoms with van der Waals surface area (Å²) in [6.45, 7) is 3.18. The zero-order valence-electron chi connectivity index (χ0n) is 19.7. The highest BCUT2D eigenvalue weighted by Crippen LogP contribution is 2.43. The molecule has 8 heteroatoms. The zero-order chi connectivity index (χ0) is 24.6. The number of ketones is 1. The summed E-state index contributed by atoms with van der Waals surface area (Å²) >= 11 is 6.42. The molecule has 34 heavy (non-hydrogen) atoms. The van der Waals surface area contributed by atoms with Crippen LogP contribution >= 0.6 is 11.6 Å². The highest BCUT2D eigenvalue weighted by Gasteiger charge is 2.47. The molecule has 1 unspecified atom stereocenters. The zero-order valence-corrected chi connectivity index (χ0v) is 20.5. The highest BCUT2D eigenvalue weighted by atomic mass is 35.5. The number of nitrogens with zero attached hydrogens (tertiary/aromatic N) is 3. The minimum atomic E-state index is -0.752. The number of carbonyl (C=O) groups excluding carboxylic acids is 2. The van der Waals surface area contributed by atoms with Gasteiger partial charge in [-0.25, -0.2) is 0 Å². The number of hydrogen-bond donors (Lipinski definition) is 1. The summed E-state index contributed by atoms with van der Waals surface area (Å²) in [4.78, 5) is 30.0. The summed E-state index contributed by atoms with van der Waals surface area (Å²) in [6, 6.07) is 11.9. The van der Waals surface area contributed by atoms with Gasteiger partial charge in [0.1, 0.15) is 11.5 Å². The van der Waals surface area contributed by atoms with Crippen molar-refractivity contribution in [2.45, 2.75) is 13.0 Å². The maximum Gasteiger partial charge on any atom is 0.295 e. The molecule has 7 nitrogen and oxygen atoms in total. The number of fused-ring (bicyclic) bond motifs is 1. The van der Waals surface area contributed by atoms with Gasteiger partial charge in [0.2, 0.25) is 0 Å². The van der Waals surface area contributed by atoms with Gasteiger partial charge in [-0.1, -0.05) is 29.8 Å². The first kappa shape index (κ1) is 23.9. The number of Topliss-reactive ketones (excluding diaryl/α,β-unsaturated/α-hetero) is 1. The van der Waals surface area contributed by atoms with Gasteiger partial charge in [0.15, 0.2) is 0 Å². The van der Waals surface area contributed by atoms with E-state index in [-0.39, 0.29) is 21.9 Å². The Morgan fingerprint density at radius 1 is 1.18 bits per heavy atom. The largest absolute Gasteiger partial charge is 0.507 e. The molecule has 1 saturated heterocycles. The smallest absolute Gasteiger partial charge is 0.295 e. The quantitative estimate of drug-likeness (QED) is 0.311. The van der Waals surface area contributed by atoms with Crippen LogP contribution in [0, 0.1) is 0 Å². The summed E-state index contributed by atoms with van der Waals surface area (Å²) in [7, 11) is 5.73. The van der Waals surface area contributed by atoms with Crippen LogP contribution in [0.5, 0.6) is 5.75 Å². The van der Waals surface area contributed by atoms with Crippen LogP contribution in [0.4, 0.5) is 0 Å². The summed E-state index contributed by atoms with van der Waals surface area (Å²) in [6.07, 6.45) is 1.91. The molecule has 178 valence electrons. The van der Waals surface area contributed by atoms with Gasteiger partial charge in [-0.3, -0.25) is 9.59 Å². The minimum Gasteiger partial charge on any atom is -0.507 e. The van der Waals surface area contributed by atoms with Crippen LogP contribution in [0.1, 0.15) is 24.1 Å². The van der Waals surface area contributed by atoms with Crippen molar-refractivity contribution in [1.82, 2.24) is 14.4 Å². The van der Waals surface area contributed by atoms with Gasteiger partial charge in [-0.05, 0) is 45.3 Å². The molecule has 2 aromatic carbocycles. The van der Waals surface area contributed by atoms with Crippen LogP contribution in [0.25, 0.3) is 16.7 Å². The second-order valence-corrected chi connectivity index (χ2v) is 8.99. The first-order valence-corrected chi connectivity index (χ1v) is 11.5. The number of aryl methyl sites for hydroxylation is 1. The lowest BCUT2D eigenvalue weighted by Gasteiger charge is -2.26. The molecule has 4 rings (SSSR count). The highest BCUT2D eigenvalue weighted by molar-refractivity contribution is 6.47. The molecule has 3 aromatic rings. The van der Waals surface area contributed by atoms with E-state index in [1.54, 1.807) is 18.2 Å². The van der Waals surface area contributed by atoms with Crippen molar-refractivity contribution in [1.29, 1.82) is 0 Å². The van der Waals surface area contributed by atoms with Crippen LogP contribution in [-0.4, -0.2) is 65.0 Å². The molecule has 0 aliphatic carbocycles. The number of hydrogen-bond acceptors (Lipinski definition) is 5. The predicted molar refractivity (Wildman–Crippen MR) is 133 cm³/mol. The molecule has 1 amide bonds. The van der Waals surface area contributed by atoms with Crippen molar-refractivity contribution < 1.29 is 19.4 Å². The van der Waals surface area contributed by atoms with Gasteiger partial charge in [0, 0.05) is 48.4 Å². The number of likely N-dealkylation sites (tertiary alicyclic amines) is 1. The molecule has 1 N–H and O–H groups in total. The van der Waals surface area contributed by atoms with Crippen LogP contribution in [0.3, 0.4) is 0 Å². The monoisotopic (exact) mass is 481 g/mol. The maximum atomic E-state index is 13.3. The van der Waals surface area contributed by atoms with E-state index in [1.807, 2.05) is 68.0 Å². The number of para-hydroxylation sites is 1. The minimum absolute atomic E-state index is 0.0238. The van der Waals surface area contributed by atoms with Crippen LogP contribution in [0.15, 0.2) is 54.2 Å². The van der Waals surface area contributed by atoms with Crippen molar-refractivity contribution in [3.63, 3.8) is 0 Å². The molecule has 1 atom stereocenters. The molecule has 0 spiro atoms. The lowest BCUT2D eigenvalue weighted by atomic mass is 9.95. The maximum absolute atomic E-state index is 13.3. The Labute approximate surface area is 203 Å². The summed E-state index contributed by atoms with van der Waals surface area (Å²) in [5, 5.41) is 12.6. The first-order chi connectivity index (χ1) is 16.2. The van der Waals surface area contributed by atoms with Gasteiger partial charge in [0.05, 0.1) is 23.2 Å². The number of aliphatic hydroxyl groups excluding tert-OH is 1. The third-order valence-electron chi connectivity index (χ3n) is 6.05. The molecule has 0 bridgehead atoms. The van der Waals surface area contributed by atoms with Crippen molar-refractivity contribution in [3.8, 4) is 5.75 Å². The average molecular weight is 482 g/mol. The van der Waals surface area contributed by atoms with Crippen molar-refractivity contribution in [2.75, 3.05) is 33.8 Å². The molecule has 0 saturated carbocycles. The molecular formula is C26H28ClN3O4. The Hall–Kier alpha value is -3.29. The summed E-state index contributed by atoms with van der Waals surface area (Å²) in [5.74, 6) is -1.17. The first-order valence-electron chi connectivity index (χ1n) is 11.1. The normalized spacial score (nSPS) is 17.8. The Balaban J connectivity index is 1.95. The molecule has 1 aliphatic heterocycles. The van der Waals surface area contributed by atoms with Crippen LogP contribution in [-0.2, 0) is 16.6 Å².